The van der Waals surface area contributed by atoms with E-state index < -0.39 is 61.3 Å². The molecule has 0 aromatic heterocycles. The van der Waals surface area contributed by atoms with Crippen molar-refractivity contribution in [2.75, 3.05) is 20.3 Å². The quantitative estimate of drug-likeness (QED) is 0.344. The van der Waals surface area contributed by atoms with Gasteiger partial charge in [0.1, 0.15) is 13.2 Å². The Hall–Kier alpha value is -1.82. The molecule has 0 aromatic rings. The SMILES string of the molecule is C=C(F)C(F)(F)OC(F)(C(F)(F)F)C(F)(F)OC(F)(COCC(=O)OC)C(F)(F)F. The summed E-state index contributed by atoms with van der Waals surface area (Å²) in [4.78, 5) is 10.6. The van der Waals surface area contributed by atoms with Gasteiger partial charge in [-0.1, -0.05) is 6.58 Å². The number of hydrogen-bond acceptors (Lipinski definition) is 5. The molecule has 2 unspecified atom stereocenters. The van der Waals surface area contributed by atoms with E-state index in [1.807, 2.05) is 4.74 Å². The van der Waals surface area contributed by atoms with Crippen molar-refractivity contribution in [3.05, 3.63) is 12.4 Å². The molecule has 2 atom stereocenters. The molecule has 0 bridgehead atoms. The molecular formula is C12H9F13O5. The van der Waals surface area contributed by atoms with Crippen LogP contribution in [0.3, 0.4) is 0 Å². The summed E-state index contributed by atoms with van der Waals surface area (Å²) >= 11 is 0. The molecule has 0 saturated heterocycles. The van der Waals surface area contributed by atoms with Crippen molar-refractivity contribution in [3.8, 4) is 0 Å². The van der Waals surface area contributed by atoms with E-state index in [4.69, 9.17) is 0 Å². The van der Waals surface area contributed by atoms with Crippen LogP contribution in [0.2, 0.25) is 0 Å². The molecule has 0 radical (unpaired) electrons. The Labute approximate surface area is 157 Å². The average Bonchev–Trinajstić information content (AvgIpc) is 2.51. The zero-order valence-electron chi connectivity index (χ0n) is 14.1. The molecule has 0 N–H and O–H groups in total. The van der Waals surface area contributed by atoms with Crippen LogP contribution in [0, 0.1) is 0 Å². The summed E-state index contributed by atoms with van der Waals surface area (Å²) in [5.41, 5.74) is 0. The van der Waals surface area contributed by atoms with Gasteiger partial charge in [-0.2, -0.15) is 52.7 Å². The van der Waals surface area contributed by atoms with Gasteiger partial charge in [-0.3, -0.25) is 9.47 Å². The van der Waals surface area contributed by atoms with Crippen LogP contribution in [-0.4, -0.2) is 62.6 Å². The minimum absolute atomic E-state index is 0.639. The first-order valence-corrected chi connectivity index (χ1v) is 6.73. The second-order valence-electron chi connectivity index (χ2n) is 5.03. The van der Waals surface area contributed by atoms with Crippen LogP contribution in [0.5, 0.6) is 0 Å². The second-order valence-corrected chi connectivity index (χ2v) is 5.03. The summed E-state index contributed by atoms with van der Waals surface area (Å²) in [7, 11) is 0.639. The molecule has 0 aliphatic carbocycles. The Balaban J connectivity index is 6.13. The predicted molar refractivity (Wildman–Crippen MR) is 64.9 cm³/mol. The van der Waals surface area contributed by atoms with Crippen molar-refractivity contribution in [1.82, 2.24) is 0 Å². The molecule has 178 valence electrons. The lowest BCUT2D eigenvalue weighted by molar-refractivity contribution is -0.529. The summed E-state index contributed by atoms with van der Waals surface area (Å²) in [6.07, 6.45) is -27.4. The highest BCUT2D eigenvalue weighted by molar-refractivity contribution is 5.70. The zero-order chi connectivity index (χ0) is 24.4. The number of hydrogen-bond donors (Lipinski definition) is 0. The number of esters is 1. The largest absolute Gasteiger partial charge is 0.467 e. The Kier molecular flexibility index (Phi) is 8.21. The van der Waals surface area contributed by atoms with Crippen molar-refractivity contribution in [1.29, 1.82) is 0 Å². The molecule has 0 amide bonds. The second kappa shape index (κ2) is 8.74. The molecular weight excluding hydrogens is 471 g/mol. The third-order valence-corrected chi connectivity index (χ3v) is 2.77. The number of halogens is 13. The van der Waals surface area contributed by atoms with Crippen LogP contribution in [0.4, 0.5) is 57.1 Å². The highest BCUT2D eigenvalue weighted by Gasteiger charge is 2.80. The van der Waals surface area contributed by atoms with E-state index in [2.05, 4.69) is 14.2 Å². The Morgan fingerprint density at radius 1 is 0.833 bits per heavy atom. The Bertz CT molecular complexity index is 631. The molecule has 0 heterocycles. The Morgan fingerprint density at radius 3 is 1.63 bits per heavy atom. The van der Waals surface area contributed by atoms with Crippen LogP contribution in [0.15, 0.2) is 12.4 Å². The van der Waals surface area contributed by atoms with Gasteiger partial charge in [0.25, 0.3) is 0 Å². The van der Waals surface area contributed by atoms with E-state index in [1.165, 1.54) is 0 Å². The van der Waals surface area contributed by atoms with Gasteiger partial charge in [0, 0.05) is 0 Å². The number of carbonyl (C=O) groups is 1. The zero-order valence-corrected chi connectivity index (χ0v) is 14.1. The smallest absolute Gasteiger partial charge is 0.458 e. The van der Waals surface area contributed by atoms with E-state index in [1.54, 1.807) is 6.58 Å². The Morgan fingerprint density at radius 2 is 1.30 bits per heavy atom. The molecule has 0 saturated carbocycles. The van der Waals surface area contributed by atoms with Crippen molar-refractivity contribution >= 4 is 5.97 Å². The summed E-state index contributed by atoms with van der Waals surface area (Å²) in [5.74, 6) is -18.0. The molecule has 0 fully saturated rings. The first-order chi connectivity index (χ1) is 13.1. The number of methoxy groups -OCH3 is 1. The third kappa shape index (κ3) is 6.10. The maximum atomic E-state index is 13.9. The van der Waals surface area contributed by atoms with Crippen LogP contribution in [0.25, 0.3) is 0 Å². The van der Waals surface area contributed by atoms with Gasteiger partial charge in [-0.25, -0.2) is 9.18 Å². The number of alkyl halides is 12. The first-order valence-electron chi connectivity index (χ1n) is 6.73. The van der Waals surface area contributed by atoms with Gasteiger partial charge in [-0.15, -0.1) is 0 Å². The summed E-state index contributed by atoms with van der Waals surface area (Å²) in [6.45, 7) is -2.72. The molecule has 0 spiro atoms. The van der Waals surface area contributed by atoms with Crippen molar-refractivity contribution in [2.45, 2.75) is 36.3 Å². The predicted octanol–water partition coefficient (Wildman–Crippen LogP) is 4.33. The van der Waals surface area contributed by atoms with E-state index in [0.29, 0.717) is 7.11 Å². The molecule has 18 heteroatoms. The molecule has 0 rings (SSSR count). The van der Waals surface area contributed by atoms with E-state index in [0.717, 1.165) is 0 Å². The lowest BCUT2D eigenvalue weighted by Crippen LogP contribution is -2.65. The van der Waals surface area contributed by atoms with Gasteiger partial charge in [-0.05, 0) is 0 Å². The normalized spacial score (nSPS) is 17.8. The van der Waals surface area contributed by atoms with E-state index in [-0.39, 0.29) is 0 Å². The summed E-state index contributed by atoms with van der Waals surface area (Å²) < 4.78 is 181. The maximum Gasteiger partial charge on any atom is 0.458 e. The van der Waals surface area contributed by atoms with Crippen molar-refractivity contribution < 1.29 is 80.8 Å². The number of carbonyl (C=O) groups excluding carboxylic acids is 1. The van der Waals surface area contributed by atoms with Crippen LogP contribution in [-0.2, 0) is 23.7 Å². The van der Waals surface area contributed by atoms with Crippen molar-refractivity contribution in [2.24, 2.45) is 0 Å². The lowest BCUT2D eigenvalue weighted by atomic mass is 10.2. The molecule has 0 aliphatic heterocycles. The number of rotatable bonds is 10. The fraction of sp³-hybridized carbons (Fsp3) is 0.750. The van der Waals surface area contributed by atoms with Gasteiger partial charge >= 0.3 is 42.2 Å². The number of ether oxygens (including phenoxy) is 4. The van der Waals surface area contributed by atoms with E-state index >= 15 is 0 Å². The minimum atomic E-state index is -7.34. The molecule has 5 nitrogen and oxygen atoms in total. The highest BCUT2D eigenvalue weighted by atomic mass is 19.4. The van der Waals surface area contributed by atoms with Gasteiger partial charge < -0.3 is 9.47 Å². The van der Waals surface area contributed by atoms with Gasteiger partial charge in [0.2, 0.25) is 0 Å². The van der Waals surface area contributed by atoms with Crippen molar-refractivity contribution in [3.63, 3.8) is 0 Å². The van der Waals surface area contributed by atoms with Crippen LogP contribution in [0.1, 0.15) is 0 Å². The monoisotopic (exact) mass is 480 g/mol. The minimum Gasteiger partial charge on any atom is -0.467 e. The maximum absolute atomic E-state index is 13.9. The summed E-state index contributed by atoms with van der Waals surface area (Å²) in [6, 6.07) is 0. The third-order valence-electron chi connectivity index (χ3n) is 2.77. The fourth-order valence-electron chi connectivity index (χ4n) is 1.28. The fourth-order valence-corrected chi connectivity index (χ4v) is 1.28. The standard InChI is InChI=1S/C12H9F13O5/c1-5(13)8(15,16)30-9(17,11(21,22)23)12(24,25)29-7(14,10(18,19)20)4-28-3-6(26)27-2/h1,3-4H2,2H3. The van der Waals surface area contributed by atoms with Gasteiger partial charge in [0.05, 0.1) is 7.11 Å². The lowest BCUT2D eigenvalue weighted by Gasteiger charge is -2.39. The molecule has 0 aromatic carbocycles. The molecule has 30 heavy (non-hydrogen) atoms. The van der Waals surface area contributed by atoms with E-state index in [9.17, 15) is 61.9 Å². The average molecular weight is 480 g/mol. The topological polar surface area (TPSA) is 54.0 Å². The highest BCUT2D eigenvalue weighted by Crippen LogP contribution is 2.53. The van der Waals surface area contributed by atoms with Gasteiger partial charge in [0.15, 0.2) is 5.83 Å². The first kappa shape index (κ1) is 28.2. The van der Waals surface area contributed by atoms with Crippen LogP contribution < -0.4 is 0 Å². The molecule has 0 aliphatic rings. The summed E-state index contributed by atoms with van der Waals surface area (Å²) in [5, 5.41) is 0. The van der Waals surface area contributed by atoms with Crippen LogP contribution >= 0.6 is 0 Å².